The van der Waals surface area contributed by atoms with Gasteiger partial charge in [0.2, 0.25) is 0 Å². The number of aliphatic hydroxyl groups is 1. The van der Waals surface area contributed by atoms with Gasteiger partial charge in [0.15, 0.2) is 0 Å². The van der Waals surface area contributed by atoms with Gasteiger partial charge in [-0.1, -0.05) is 72.3 Å². The van der Waals surface area contributed by atoms with Crippen LogP contribution in [0.4, 0.5) is 0 Å². The first-order valence-electron chi connectivity index (χ1n) is 14.4. The number of hydrogen-bond acceptors (Lipinski definition) is 5. The Bertz CT molecular complexity index is 1530. The zero-order valence-corrected chi connectivity index (χ0v) is 28.3. The molecule has 1 aliphatic rings. The molecule has 0 bridgehead atoms. The molecule has 4 nitrogen and oxygen atoms in total. The molecule has 5 rings (SSSR count). The molecule has 0 radical (unpaired) electrons. The number of nitrogens with zero attached hydrogens (tertiary/aromatic N) is 1. The topological polar surface area (TPSA) is 73.2 Å². The number of carbonyl (C=O) groups is 1. The molecule has 1 atom stereocenters. The fraction of sp³-hybridized carbons (Fsp3) is 0.371. The van der Waals surface area contributed by atoms with E-state index in [1.807, 2.05) is 62.0 Å². The van der Waals surface area contributed by atoms with Gasteiger partial charge in [-0.3, -0.25) is 4.98 Å². The van der Waals surface area contributed by atoms with E-state index in [0.29, 0.717) is 5.02 Å². The van der Waals surface area contributed by atoms with E-state index in [0.717, 1.165) is 72.0 Å². The van der Waals surface area contributed by atoms with Gasteiger partial charge in [-0.15, -0.1) is 0 Å². The molecule has 1 heterocycles. The maximum Gasteiger partial charge on any atom is 1.00 e. The Morgan fingerprint density at radius 1 is 1.02 bits per heavy atom. The van der Waals surface area contributed by atoms with Gasteiger partial charge in [0, 0.05) is 27.3 Å². The number of carboxylic acids is 1. The van der Waals surface area contributed by atoms with Crippen LogP contribution in [0.1, 0.15) is 72.7 Å². The van der Waals surface area contributed by atoms with E-state index in [1.54, 1.807) is 0 Å². The van der Waals surface area contributed by atoms with Gasteiger partial charge in [0.1, 0.15) is 0 Å². The van der Waals surface area contributed by atoms with E-state index < -0.39 is 11.6 Å². The zero-order chi connectivity index (χ0) is 29.0. The third-order valence-corrected chi connectivity index (χ3v) is 10.0. The van der Waals surface area contributed by atoms with E-state index in [-0.39, 0.29) is 46.6 Å². The van der Waals surface area contributed by atoms with Crippen molar-refractivity contribution in [2.75, 3.05) is 5.75 Å². The number of fused-ring (bicyclic) bond motifs is 1. The predicted molar refractivity (Wildman–Crippen MR) is 167 cm³/mol. The molecule has 42 heavy (non-hydrogen) atoms. The van der Waals surface area contributed by atoms with E-state index >= 15 is 0 Å². The van der Waals surface area contributed by atoms with Gasteiger partial charge >= 0.3 is 29.6 Å². The van der Waals surface area contributed by atoms with Crippen molar-refractivity contribution in [1.29, 1.82) is 0 Å². The van der Waals surface area contributed by atoms with Crippen molar-refractivity contribution < 1.29 is 44.6 Å². The minimum atomic E-state index is -0.953. The minimum Gasteiger partial charge on any atom is -0.550 e. The van der Waals surface area contributed by atoms with Crippen LogP contribution in [0.2, 0.25) is 5.02 Å². The van der Waals surface area contributed by atoms with Crippen molar-refractivity contribution in [3.05, 3.63) is 112 Å². The van der Waals surface area contributed by atoms with Gasteiger partial charge in [0.05, 0.1) is 11.1 Å². The average Bonchev–Trinajstić information content (AvgIpc) is 3.70. The van der Waals surface area contributed by atoms with Crippen molar-refractivity contribution in [3.8, 4) is 0 Å². The Labute approximate surface area is 280 Å². The number of aryl methyl sites for hydroxylation is 3. The first kappa shape index (κ1) is 33.0. The number of rotatable bonds is 13. The monoisotopic (exact) mass is 609 g/mol. The van der Waals surface area contributed by atoms with Crippen LogP contribution in [-0.2, 0) is 29.7 Å². The number of aromatic nitrogens is 1. The predicted octanol–water partition coefficient (Wildman–Crippen LogP) is 4.23. The smallest absolute Gasteiger partial charge is 0.550 e. The largest absolute Gasteiger partial charge is 1.00 e. The maximum atomic E-state index is 11.4. The molecule has 0 unspecified atom stereocenters. The summed E-state index contributed by atoms with van der Waals surface area (Å²) in [6, 6.07) is 26.9. The minimum absolute atomic E-state index is 0. The summed E-state index contributed by atoms with van der Waals surface area (Å²) in [4.78, 5) is 16.2. The summed E-state index contributed by atoms with van der Waals surface area (Å²) in [6.45, 7) is 3.66. The molecule has 1 saturated carbocycles. The van der Waals surface area contributed by atoms with Crippen LogP contribution >= 0.6 is 23.4 Å². The van der Waals surface area contributed by atoms with Crippen molar-refractivity contribution >= 4 is 40.2 Å². The molecule has 3 aromatic carbocycles. The first-order chi connectivity index (χ1) is 19.6. The Hall–Kier alpha value is -1.86. The van der Waals surface area contributed by atoms with E-state index in [9.17, 15) is 15.0 Å². The van der Waals surface area contributed by atoms with Crippen molar-refractivity contribution in [2.24, 2.45) is 5.41 Å². The number of benzene rings is 3. The fourth-order valence-electron chi connectivity index (χ4n) is 5.59. The number of halogens is 1. The molecule has 0 amide bonds. The summed E-state index contributed by atoms with van der Waals surface area (Å²) in [6.07, 6.45) is 5.48. The molecule has 7 heteroatoms. The van der Waals surface area contributed by atoms with Crippen LogP contribution in [0, 0.1) is 5.41 Å². The SMILES string of the molecule is CC(C)(O)c1ccccc1CC[C@@H](SCC1(CC(=O)[O-])CC1)c1cccc(CCc2ccc3ccc(Cl)cc3n2)c1.[Na+]. The number of carbonyl (C=O) groups excluding carboxylic acids is 1. The number of thioether (sulfide) groups is 1. The van der Waals surface area contributed by atoms with E-state index in [2.05, 4.69) is 42.5 Å². The van der Waals surface area contributed by atoms with Crippen molar-refractivity contribution in [1.82, 2.24) is 4.98 Å². The summed E-state index contributed by atoms with van der Waals surface area (Å²) < 4.78 is 0. The Kier molecular flexibility index (Phi) is 11.2. The van der Waals surface area contributed by atoms with Gasteiger partial charge in [-0.05, 0) is 110 Å². The third kappa shape index (κ3) is 8.84. The third-order valence-electron chi connectivity index (χ3n) is 8.12. The van der Waals surface area contributed by atoms with Crippen LogP contribution in [0.15, 0.2) is 78.9 Å². The average molecular weight is 610 g/mol. The summed E-state index contributed by atoms with van der Waals surface area (Å²) in [5, 5.41) is 24.1. The second-order valence-corrected chi connectivity index (χ2v) is 13.6. The maximum absolute atomic E-state index is 11.4. The van der Waals surface area contributed by atoms with Crippen LogP contribution in [-0.4, -0.2) is 21.8 Å². The molecule has 1 fully saturated rings. The van der Waals surface area contributed by atoms with Crippen LogP contribution in [0.5, 0.6) is 0 Å². The fourth-order valence-corrected chi connectivity index (χ4v) is 7.33. The molecule has 0 aliphatic heterocycles. The number of carboxylic acid groups (broad SMARTS) is 1. The normalized spacial score (nSPS) is 14.8. The van der Waals surface area contributed by atoms with Gasteiger partial charge < -0.3 is 15.0 Å². The molecule has 214 valence electrons. The first-order valence-corrected chi connectivity index (χ1v) is 15.8. The quantitative estimate of drug-likeness (QED) is 0.230. The molecular weight excluding hydrogens is 573 g/mol. The van der Waals surface area contributed by atoms with Gasteiger partial charge in [0.25, 0.3) is 0 Å². The molecule has 4 aromatic rings. The zero-order valence-electron chi connectivity index (χ0n) is 24.7. The number of hydrogen-bond donors (Lipinski definition) is 1. The van der Waals surface area contributed by atoms with Gasteiger partial charge in [-0.25, -0.2) is 0 Å². The number of pyridine rings is 1. The van der Waals surface area contributed by atoms with Crippen LogP contribution in [0.25, 0.3) is 10.9 Å². The molecule has 0 spiro atoms. The van der Waals surface area contributed by atoms with E-state index in [1.165, 1.54) is 11.1 Å². The Morgan fingerprint density at radius 3 is 2.52 bits per heavy atom. The molecule has 1 N–H and O–H groups in total. The molecule has 1 aliphatic carbocycles. The summed E-state index contributed by atoms with van der Waals surface area (Å²) in [5.41, 5.74) is 5.54. The van der Waals surface area contributed by atoms with Crippen molar-refractivity contribution in [2.45, 2.75) is 69.6 Å². The second kappa shape index (κ2) is 14.3. The van der Waals surface area contributed by atoms with E-state index in [4.69, 9.17) is 16.6 Å². The Morgan fingerprint density at radius 2 is 1.79 bits per heavy atom. The molecule has 0 saturated heterocycles. The second-order valence-electron chi connectivity index (χ2n) is 12.0. The standard InChI is InChI=1S/C35H38ClNO3S.Na/c1-34(2,40)30-9-4-3-7-25(30)13-17-32(41-23-35(18-19-35)22-33(38)39)27-8-5-6-24(20-27)10-15-29-16-12-26-11-14-28(36)21-31(26)37-29;/h3-9,11-12,14,16,20-21,32,40H,10,13,15,17-19,22-23H2,1-2H3,(H,38,39);/q;+1/p-1/t32-;/m1./s1. The Balaban J connectivity index is 0.00000405. The number of aliphatic carboxylic acids is 1. The summed E-state index contributed by atoms with van der Waals surface area (Å²) >= 11 is 8.05. The summed E-state index contributed by atoms with van der Waals surface area (Å²) in [7, 11) is 0. The molecular formula is C35H37ClNNaO3S. The van der Waals surface area contributed by atoms with Crippen LogP contribution < -0.4 is 34.7 Å². The van der Waals surface area contributed by atoms with Crippen LogP contribution in [0.3, 0.4) is 0 Å². The molecule has 1 aromatic heterocycles. The summed E-state index contributed by atoms with van der Waals surface area (Å²) in [5.74, 6) is -0.141. The van der Waals surface area contributed by atoms with Gasteiger partial charge in [-0.2, -0.15) is 11.8 Å². The van der Waals surface area contributed by atoms with Crippen molar-refractivity contribution in [3.63, 3.8) is 0 Å².